The number of fused-ring (bicyclic) bond motifs is 3. The number of alkyl carbamates (subject to hydrolysis) is 1. The molecule has 0 spiro atoms. The van der Waals surface area contributed by atoms with E-state index in [-0.39, 0.29) is 19.1 Å². The molecule has 8 nitrogen and oxygen atoms in total. The second-order valence-electron chi connectivity index (χ2n) is 8.47. The van der Waals surface area contributed by atoms with Crippen LogP contribution in [0.4, 0.5) is 4.79 Å². The highest BCUT2D eigenvalue weighted by molar-refractivity contribution is 5.86. The van der Waals surface area contributed by atoms with Crippen molar-refractivity contribution in [1.82, 2.24) is 10.6 Å². The number of carboxylic acids is 1. The molecule has 2 aromatic rings. The summed E-state index contributed by atoms with van der Waals surface area (Å²) >= 11 is 0. The highest BCUT2D eigenvalue weighted by atomic mass is 16.5. The summed E-state index contributed by atoms with van der Waals surface area (Å²) in [4.78, 5) is 36.7. The topological polar surface area (TPSA) is 114 Å². The van der Waals surface area contributed by atoms with E-state index in [2.05, 4.69) is 22.8 Å². The average Bonchev–Trinajstić information content (AvgIpc) is 3.40. The average molecular weight is 453 g/mol. The third kappa shape index (κ3) is 4.85. The summed E-state index contributed by atoms with van der Waals surface area (Å²) in [7, 11) is 1.43. The van der Waals surface area contributed by atoms with Crippen LogP contribution in [0, 0.1) is 5.92 Å². The van der Waals surface area contributed by atoms with E-state index < -0.39 is 36.0 Å². The zero-order chi connectivity index (χ0) is 23.4. The minimum absolute atomic E-state index is 0.0551. The number of carboxylic acid groups (broad SMARTS) is 1. The SMILES string of the molecule is COC[C@H](NC(=O)OCC1c2ccccc2-c2ccccc21)C(=O)NC1CCCC1C(=O)O. The Morgan fingerprint density at radius 3 is 2.27 bits per heavy atom. The summed E-state index contributed by atoms with van der Waals surface area (Å²) in [6.45, 7) is 0.0748. The number of aliphatic carboxylic acids is 1. The van der Waals surface area contributed by atoms with Crippen molar-refractivity contribution in [2.75, 3.05) is 20.3 Å². The number of nitrogens with one attached hydrogen (secondary N) is 2. The molecule has 2 unspecified atom stereocenters. The molecule has 0 aromatic heterocycles. The van der Waals surface area contributed by atoms with E-state index in [0.717, 1.165) is 28.7 Å². The largest absolute Gasteiger partial charge is 0.481 e. The molecule has 3 atom stereocenters. The summed E-state index contributed by atoms with van der Waals surface area (Å²) in [5.74, 6) is -2.12. The molecule has 4 rings (SSSR count). The van der Waals surface area contributed by atoms with Gasteiger partial charge in [-0.05, 0) is 35.1 Å². The number of carbonyl (C=O) groups is 3. The van der Waals surface area contributed by atoms with Crippen LogP contribution in [0.2, 0.25) is 0 Å². The molecule has 0 radical (unpaired) electrons. The van der Waals surface area contributed by atoms with E-state index in [1.54, 1.807) is 0 Å². The zero-order valence-electron chi connectivity index (χ0n) is 18.5. The van der Waals surface area contributed by atoms with Crippen molar-refractivity contribution in [1.29, 1.82) is 0 Å². The van der Waals surface area contributed by atoms with E-state index in [9.17, 15) is 19.5 Å². The Hall–Kier alpha value is -3.39. The van der Waals surface area contributed by atoms with Gasteiger partial charge in [0.2, 0.25) is 5.91 Å². The lowest BCUT2D eigenvalue weighted by atomic mass is 9.98. The van der Waals surface area contributed by atoms with Crippen LogP contribution in [0.1, 0.15) is 36.3 Å². The predicted octanol–water partition coefficient (Wildman–Crippen LogP) is 2.91. The summed E-state index contributed by atoms with van der Waals surface area (Å²) < 4.78 is 10.6. The quantitative estimate of drug-likeness (QED) is 0.568. The molecule has 2 aliphatic carbocycles. The van der Waals surface area contributed by atoms with Gasteiger partial charge in [-0.15, -0.1) is 0 Å². The minimum Gasteiger partial charge on any atom is -0.481 e. The molecule has 2 aromatic carbocycles. The van der Waals surface area contributed by atoms with E-state index in [1.807, 2.05) is 36.4 Å². The van der Waals surface area contributed by atoms with E-state index in [4.69, 9.17) is 9.47 Å². The standard InChI is InChI=1S/C25H28N2O6/c1-32-14-22(23(28)26-21-12-6-11-19(21)24(29)30)27-25(31)33-13-20-17-9-4-2-7-15(17)16-8-3-5-10-18(16)20/h2-5,7-10,19-22H,6,11-14H2,1H3,(H,26,28)(H,27,31)(H,29,30)/t19?,21?,22-/m0/s1. The number of rotatable bonds is 8. The second-order valence-corrected chi connectivity index (χ2v) is 8.47. The van der Waals surface area contributed by atoms with Gasteiger partial charge >= 0.3 is 12.1 Å². The number of hydrogen-bond acceptors (Lipinski definition) is 5. The molecule has 1 fully saturated rings. The Morgan fingerprint density at radius 2 is 1.67 bits per heavy atom. The van der Waals surface area contributed by atoms with Gasteiger partial charge in [-0.3, -0.25) is 9.59 Å². The van der Waals surface area contributed by atoms with Crippen LogP contribution in [0.25, 0.3) is 11.1 Å². The van der Waals surface area contributed by atoms with E-state index in [1.165, 1.54) is 7.11 Å². The highest BCUT2D eigenvalue weighted by Crippen LogP contribution is 2.44. The summed E-state index contributed by atoms with van der Waals surface area (Å²) in [5.41, 5.74) is 4.45. The molecule has 33 heavy (non-hydrogen) atoms. The van der Waals surface area contributed by atoms with Gasteiger partial charge in [0.05, 0.1) is 12.5 Å². The minimum atomic E-state index is -0.985. The van der Waals surface area contributed by atoms with Crippen LogP contribution in [0.15, 0.2) is 48.5 Å². The number of ether oxygens (including phenoxy) is 2. The maximum Gasteiger partial charge on any atom is 0.407 e. The molecule has 2 amide bonds. The second kappa shape index (κ2) is 10.0. The fourth-order valence-electron chi connectivity index (χ4n) is 4.84. The molecule has 0 heterocycles. The van der Waals surface area contributed by atoms with Crippen molar-refractivity contribution < 1.29 is 29.0 Å². The monoisotopic (exact) mass is 452 g/mol. The van der Waals surface area contributed by atoms with Gasteiger partial charge in [-0.1, -0.05) is 55.0 Å². The number of methoxy groups -OCH3 is 1. The molecule has 174 valence electrons. The highest BCUT2D eigenvalue weighted by Gasteiger charge is 2.36. The van der Waals surface area contributed by atoms with Crippen LogP contribution in [-0.2, 0) is 19.1 Å². The number of hydrogen-bond donors (Lipinski definition) is 3. The maximum absolute atomic E-state index is 12.7. The molecular formula is C25H28N2O6. The van der Waals surface area contributed by atoms with Crippen molar-refractivity contribution in [2.24, 2.45) is 5.92 Å². The first-order valence-corrected chi connectivity index (χ1v) is 11.1. The number of carbonyl (C=O) groups excluding carboxylic acids is 2. The van der Waals surface area contributed by atoms with Crippen LogP contribution >= 0.6 is 0 Å². The molecule has 1 saturated carbocycles. The first-order chi connectivity index (χ1) is 16.0. The fourth-order valence-corrected chi connectivity index (χ4v) is 4.84. The molecule has 8 heteroatoms. The van der Waals surface area contributed by atoms with Gasteiger partial charge in [0, 0.05) is 19.1 Å². The summed E-state index contributed by atoms with van der Waals surface area (Å²) in [5, 5.41) is 14.6. The fraction of sp³-hybridized carbons (Fsp3) is 0.400. The van der Waals surface area contributed by atoms with Crippen LogP contribution in [0.5, 0.6) is 0 Å². The van der Waals surface area contributed by atoms with Gasteiger partial charge in [0.1, 0.15) is 12.6 Å². The Kier molecular flexibility index (Phi) is 6.93. The maximum atomic E-state index is 12.7. The molecular weight excluding hydrogens is 424 g/mol. The third-order valence-electron chi connectivity index (χ3n) is 6.45. The molecule has 0 bridgehead atoms. The first-order valence-electron chi connectivity index (χ1n) is 11.1. The Morgan fingerprint density at radius 1 is 1.03 bits per heavy atom. The van der Waals surface area contributed by atoms with Crippen molar-refractivity contribution in [3.8, 4) is 11.1 Å². The van der Waals surface area contributed by atoms with Crippen LogP contribution in [0.3, 0.4) is 0 Å². The number of benzene rings is 2. The molecule has 0 aliphatic heterocycles. The van der Waals surface area contributed by atoms with Gasteiger partial charge in [-0.2, -0.15) is 0 Å². The Balaban J connectivity index is 1.38. The normalized spacial score (nSPS) is 19.9. The lowest BCUT2D eigenvalue weighted by molar-refractivity contribution is -0.142. The Labute approximate surface area is 192 Å². The number of amides is 2. The zero-order valence-corrected chi connectivity index (χ0v) is 18.5. The van der Waals surface area contributed by atoms with Crippen molar-refractivity contribution in [2.45, 2.75) is 37.3 Å². The smallest absolute Gasteiger partial charge is 0.407 e. The van der Waals surface area contributed by atoms with Crippen LogP contribution < -0.4 is 10.6 Å². The summed E-state index contributed by atoms with van der Waals surface area (Å²) in [6, 6.07) is 14.6. The lowest BCUT2D eigenvalue weighted by Crippen LogP contribution is -2.53. The van der Waals surface area contributed by atoms with E-state index in [0.29, 0.717) is 12.8 Å². The van der Waals surface area contributed by atoms with Gasteiger partial charge in [-0.25, -0.2) is 4.79 Å². The van der Waals surface area contributed by atoms with Crippen molar-refractivity contribution in [3.63, 3.8) is 0 Å². The van der Waals surface area contributed by atoms with E-state index >= 15 is 0 Å². The first kappa shape index (κ1) is 22.8. The third-order valence-corrected chi connectivity index (χ3v) is 6.45. The molecule has 0 saturated heterocycles. The Bertz CT molecular complexity index is 994. The molecule has 3 N–H and O–H groups in total. The van der Waals surface area contributed by atoms with Gasteiger partial charge in [0.15, 0.2) is 0 Å². The van der Waals surface area contributed by atoms with Crippen molar-refractivity contribution >= 4 is 18.0 Å². The van der Waals surface area contributed by atoms with Gasteiger partial charge in [0.25, 0.3) is 0 Å². The van der Waals surface area contributed by atoms with Crippen molar-refractivity contribution in [3.05, 3.63) is 59.7 Å². The lowest BCUT2D eigenvalue weighted by Gasteiger charge is -2.23. The molecule has 2 aliphatic rings. The van der Waals surface area contributed by atoms with Gasteiger partial charge < -0.3 is 25.2 Å². The van der Waals surface area contributed by atoms with Crippen LogP contribution in [-0.4, -0.2) is 55.5 Å². The predicted molar refractivity (Wildman–Crippen MR) is 121 cm³/mol. The summed E-state index contributed by atoms with van der Waals surface area (Å²) in [6.07, 6.45) is 1.12.